The molecule has 2 rings (SSSR count). The Labute approximate surface area is 98.3 Å². The molecule has 0 heterocycles. The lowest BCUT2D eigenvalue weighted by Crippen LogP contribution is -2.38. The Morgan fingerprint density at radius 1 is 1.44 bits per heavy atom. The fourth-order valence-electron chi connectivity index (χ4n) is 2.61. The van der Waals surface area contributed by atoms with Crippen LogP contribution in [0.4, 0.5) is 0 Å². The maximum atomic E-state index is 5.34. The van der Waals surface area contributed by atoms with E-state index in [-0.39, 0.29) is 5.41 Å². The molecule has 1 aromatic rings. The minimum absolute atomic E-state index is 0.283. The average Bonchev–Trinajstić information content (AvgIpc) is 2.27. The van der Waals surface area contributed by atoms with Crippen LogP contribution in [0.2, 0.25) is 0 Å². The summed E-state index contributed by atoms with van der Waals surface area (Å²) in [6, 6.07) is 9.08. The van der Waals surface area contributed by atoms with Crippen LogP contribution in [0.5, 0.6) is 0 Å². The van der Waals surface area contributed by atoms with E-state index in [4.69, 9.17) is 6.42 Å². The Hall–Kier alpha value is -1.26. The van der Waals surface area contributed by atoms with Crippen LogP contribution in [-0.2, 0) is 6.42 Å². The fraction of sp³-hybridized carbons (Fsp3) is 0.467. The van der Waals surface area contributed by atoms with E-state index in [1.807, 2.05) is 0 Å². The molecule has 0 saturated heterocycles. The van der Waals surface area contributed by atoms with Crippen LogP contribution in [0.15, 0.2) is 24.3 Å². The maximum Gasteiger partial charge on any atom is 0.0578 e. The molecule has 1 heteroatoms. The molecule has 0 bridgehead atoms. The van der Waals surface area contributed by atoms with Crippen LogP contribution >= 0.6 is 0 Å². The molecule has 1 N–H and O–H groups in total. The zero-order chi connectivity index (χ0) is 11.6. The van der Waals surface area contributed by atoms with Crippen LogP contribution in [0.25, 0.3) is 0 Å². The van der Waals surface area contributed by atoms with E-state index in [0.717, 1.165) is 0 Å². The van der Waals surface area contributed by atoms with Crippen LogP contribution < -0.4 is 5.32 Å². The standard InChI is InChI=1S/C15H19N/c1-4-11-16-14-13-8-6-5-7-12(13)9-10-15(14,2)3/h1,5-8,14,16H,9-11H2,2-3H3. The Morgan fingerprint density at radius 2 is 2.19 bits per heavy atom. The van der Waals surface area contributed by atoms with E-state index < -0.39 is 0 Å². The number of rotatable bonds is 2. The van der Waals surface area contributed by atoms with Gasteiger partial charge in [0.1, 0.15) is 0 Å². The SMILES string of the molecule is C#CCNC1c2ccccc2CCC1(C)C. The number of benzene rings is 1. The monoisotopic (exact) mass is 213 g/mol. The van der Waals surface area contributed by atoms with E-state index >= 15 is 0 Å². The van der Waals surface area contributed by atoms with Gasteiger partial charge >= 0.3 is 0 Å². The van der Waals surface area contributed by atoms with Crippen molar-refractivity contribution in [1.29, 1.82) is 0 Å². The highest BCUT2D eigenvalue weighted by Gasteiger charge is 2.34. The maximum absolute atomic E-state index is 5.34. The van der Waals surface area contributed by atoms with Gasteiger partial charge < -0.3 is 0 Å². The molecule has 0 radical (unpaired) electrons. The average molecular weight is 213 g/mol. The highest BCUT2D eigenvalue weighted by molar-refractivity contribution is 5.34. The van der Waals surface area contributed by atoms with Crippen LogP contribution in [0, 0.1) is 17.8 Å². The third-order valence-corrected chi connectivity index (χ3v) is 3.59. The molecule has 1 unspecified atom stereocenters. The lowest BCUT2D eigenvalue weighted by Gasteiger charge is -2.40. The first kappa shape index (κ1) is 11.2. The van der Waals surface area contributed by atoms with Gasteiger partial charge in [0.05, 0.1) is 6.54 Å². The van der Waals surface area contributed by atoms with Crippen LogP contribution in [0.1, 0.15) is 37.4 Å². The van der Waals surface area contributed by atoms with Gasteiger partial charge in [-0.15, -0.1) is 6.42 Å². The normalized spacial score (nSPS) is 22.2. The minimum Gasteiger partial charge on any atom is -0.299 e. The third kappa shape index (κ3) is 1.99. The molecule has 1 atom stereocenters. The first-order valence-electron chi connectivity index (χ1n) is 5.90. The summed E-state index contributed by atoms with van der Waals surface area (Å²) in [4.78, 5) is 0. The Balaban J connectivity index is 2.34. The molecule has 1 nitrogen and oxygen atoms in total. The van der Waals surface area contributed by atoms with Gasteiger partial charge in [-0.25, -0.2) is 0 Å². The second-order valence-corrected chi connectivity index (χ2v) is 5.21. The molecule has 0 fully saturated rings. The third-order valence-electron chi connectivity index (χ3n) is 3.59. The van der Waals surface area contributed by atoms with Gasteiger partial charge in [0.25, 0.3) is 0 Å². The van der Waals surface area contributed by atoms with Crippen molar-refractivity contribution in [3.63, 3.8) is 0 Å². The summed E-state index contributed by atoms with van der Waals surface area (Å²) < 4.78 is 0. The summed E-state index contributed by atoms with van der Waals surface area (Å²) in [5.41, 5.74) is 3.18. The Bertz CT molecular complexity index is 412. The van der Waals surface area contributed by atoms with Crippen molar-refractivity contribution in [3.05, 3.63) is 35.4 Å². The van der Waals surface area contributed by atoms with Crippen molar-refractivity contribution in [2.24, 2.45) is 5.41 Å². The summed E-state index contributed by atoms with van der Waals surface area (Å²) in [5.74, 6) is 2.67. The molecular weight excluding hydrogens is 194 g/mol. The van der Waals surface area contributed by atoms with Gasteiger partial charge in [-0.1, -0.05) is 44.0 Å². The smallest absolute Gasteiger partial charge is 0.0578 e. The highest BCUT2D eigenvalue weighted by atomic mass is 14.9. The van der Waals surface area contributed by atoms with Gasteiger partial charge in [0.2, 0.25) is 0 Å². The van der Waals surface area contributed by atoms with E-state index in [0.29, 0.717) is 12.6 Å². The predicted octanol–water partition coefficient (Wildman–Crippen LogP) is 2.92. The number of hydrogen-bond donors (Lipinski definition) is 1. The minimum atomic E-state index is 0.283. The van der Waals surface area contributed by atoms with Crippen molar-refractivity contribution in [2.45, 2.75) is 32.7 Å². The molecule has 16 heavy (non-hydrogen) atoms. The number of aryl methyl sites for hydroxylation is 1. The zero-order valence-corrected chi connectivity index (χ0v) is 10.1. The highest BCUT2D eigenvalue weighted by Crippen LogP contribution is 2.43. The lowest BCUT2D eigenvalue weighted by atomic mass is 9.70. The molecule has 0 amide bonds. The molecule has 1 aromatic carbocycles. The van der Waals surface area contributed by atoms with Gasteiger partial charge in [-0.05, 0) is 29.4 Å². The molecule has 1 aliphatic rings. The Morgan fingerprint density at radius 3 is 2.94 bits per heavy atom. The summed E-state index contributed by atoms with van der Waals surface area (Å²) in [5, 5.41) is 3.48. The first-order chi connectivity index (χ1) is 7.65. The fourth-order valence-corrected chi connectivity index (χ4v) is 2.61. The predicted molar refractivity (Wildman–Crippen MR) is 68.1 cm³/mol. The van der Waals surface area contributed by atoms with Crippen molar-refractivity contribution in [2.75, 3.05) is 6.54 Å². The van der Waals surface area contributed by atoms with Crippen molar-refractivity contribution in [1.82, 2.24) is 5.32 Å². The van der Waals surface area contributed by atoms with Crippen molar-refractivity contribution >= 4 is 0 Å². The first-order valence-corrected chi connectivity index (χ1v) is 5.90. The second-order valence-electron chi connectivity index (χ2n) is 5.21. The summed E-state index contributed by atoms with van der Waals surface area (Å²) >= 11 is 0. The van der Waals surface area contributed by atoms with Crippen LogP contribution in [0.3, 0.4) is 0 Å². The summed E-state index contributed by atoms with van der Waals surface area (Å²) in [7, 11) is 0. The summed E-state index contributed by atoms with van der Waals surface area (Å²) in [6.07, 6.45) is 7.73. The topological polar surface area (TPSA) is 12.0 Å². The van der Waals surface area contributed by atoms with Crippen molar-refractivity contribution < 1.29 is 0 Å². The number of terminal acetylenes is 1. The molecule has 0 aliphatic heterocycles. The Kier molecular flexibility index (Phi) is 3.03. The van der Waals surface area contributed by atoms with E-state index in [2.05, 4.69) is 49.4 Å². The van der Waals surface area contributed by atoms with E-state index in [1.54, 1.807) is 0 Å². The number of fused-ring (bicyclic) bond motifs is 1. The van der Waals surface area contributed by atoms with E-state index in [9.17, 15) is 0 Å². The van der Waals surface area contributed by atoms with Gasteiger partial charge in [0.15, 0.2) is 0 Å². The zero-order valence-electron chi connectivity index (χ0n) is 10.1. The largest absolute Gasteiger partial charge is 0.299 e. The van der Waals surface area contributed by atoms with Crippen LogP contribution in [-0.4, -0.2) is 6.54 Å². The molecule has 0 spiro atoms. The van der Waals surface area contributed by atoms with Crippen molar-refractivity contribution in [3.8, 4) is 12.3 Å². The summed E-state index contributed by atoms with van der Waals surface area (Å²) in [6.45, 7) is 5.27. The van der Waals surface area contributed by atoms with E-state index in [1.165, 1.54) is 24.0 Å². The number of hydrogen-bond acceptors (Lipinski definition) is 1. The molecule has 1 aliphatic carbocycles. The quantitative estimate of drug-likeness (QED) is 0.745. The number of nitrogens with one attached hydrogen (secondary N) is 1. The molecule has 0 aromatic heterocycles. The van der Waals surface area contributed by atoms with Gasteiger partial charge in [-0.3, -0.25) is 5.32 Å². The lowest BCUT2D eigenvalue weighted by molar-refractivity contribution is 0.215. The molecule has 84 valence electrons. The second kappa shape index (κ2) is 4.31. The van der Waals surface area contributed by atoms with Gasteiger partial charge in [-0.2, -0.15) is 0 Å². The molecular formula is C15H19N. The van der Waals surface area contributed by atoms with Gasteiger partial charge in [0, 0.05) is 6.04 Å². The molecule has 0 saturated carbocycles.